The minimum atomic E-state index is -1.03. The molecule has 0 bridgehead atoms. The Morgan fingerprint density at radius 3 is 2.60 bits per heavy atom. The molecule has 0 saturated carbocycles. The molecule has 0 unspecified atom stereocenters. The van der Waals surface area contributed by atoms with Crippen molar-refractivity contribution in [2.45, 2.75) is 0 Å². The van der Waals surface area contributed by atoms with Gasteiger partial charge in [0.05, 0.1) is 4.91 Å². The second-order valence-corrected chi connectivity index (χ2v) is 5.67. The minimum Gasteiger partial charge on any atom is -0.482 e. The molecule has 1 heterocycles. The van der Waals surface area contributed by atoms with Crippen molar-refractivity contribution in [1.29, 1.82) is 0 Å². The minimum absolute atomic E-state index is 0.119. The highest BCUT2D eigenvalue weighted by molar-refractivity contribution is 8.26. The van der Waals surface area contributed by atoms with Crippen LogP contribution in [-0.2, 0) is 9.59 Å². The van der Waals surface area contributed by atoms with E-state index in [1.807, 2.05) is 0 Å². The lowest BCUT2D eigenvalue weighted by molar-refractivity contribution is -0.139. The molecule has 1 aliphatic heterocycles. The molecule has 1 N–H and O–H groups in total. The number of thioether (sulfide) groups is 1. The number of benzene rings is 1. The smallest absolute Gasteiger partial charge is 0.341 e. The maximum atomic E-state index is 11.8. The van der Waals surface area contributed by atoms with Crippen molar-refractivity contribution in [2.24, 2.45) is 0 Å². The van der Waals surface area contributed by atoms with Gasteiger partial charge in [-0.25, -0.2) is 4.79 Å². The number of hydrogen-bond donors (Lipinski definition) is 1. The van der Waals surface area contributed by atoms with Gasteiger partial charge in [0.2, 0.25) is 0 Å². The van der Waals surface area contributed by atoms with E-state index in [9.17, 15) is 9.59 Å². The first-order valence-electron chi connectivity index (χ1n) is 5.63. The monoisotopic (exact) mass is 309 g/mol. The number of rotatable bonds is 4. The third-order valence-corrected chi connectivity index (χ3v) is 4.01. The van der Waals surface area contributed by atoms with Gasteiger partial charge in [-0.3, -0.25) is 9.69 Å². The van der Waals surface area contributed by atoms with Crippen LogP contribution >= 0.6 is 24.0 Å². The maximum absolute atomic E-state index is 11.8. The van der Waals surface area contributed by atoms with E-state index >= 15 is 0 Å². The van der Waals surface area contributed by atoms with Gasteiger partial charge in [-0.2, -0.15) is 0 Å². The normalized spacial score (nSPS) is 16.9. The Balaban J connectivity index is 2.09. The first kappa shape index (κ1) is 14.5. The number of carbonyl (C=O) groups excluding carboxylic acids is 1. The summed E-state index contributed by atoms with van der Waals surface area (Å²) in [5, 5.41) is 8.51. The molecule has 0 aromatic heterocycles. The van der Waals surface area contributed by atoms with Crippen molar-refractivity contribution in [3.63, 3.8) is 0 Å². The van der Waals surface area contributed by atoms with Gasteiger partial charge in [0.15, 0.2) is 6.61 Å². The van der Waals surface area contributed by atoms with E-state index in [2.05, 4.69) is 0 Å². The summed E-state index contributed by atoms with van der Waals surface area (Å²) in [6.07, 6.45) is 1.74. The Morgan fingerprint density at radius 1 is 1.45 bits per heavy atom. The van der Waals surface area contributed by atoms with Crippen molar-refractivity contribution in [3.8, 4) is 5.75 Å². The van der Waals surface area contributed by atoms with Gasteiger partial charge in [0, 0.05) is 7.05 Å². The molecule has 0 radical (unpaired) electrons. The van der Waals surface area contributed by atoms with E-state index in [0.29, 0.717) is 15.0 Å². The molecular formula is C13H11NO4S2. The fourth-order valence-corrected chi connectivity index (χ4v) is 2.68. The van der Waals surface area contributed by atoms with Crippen LogP contribution in [0.2, 0.25) is 0 Å². The largest absolute Gasteiger partial charge is 0.482 e. The molecule has 0 aliphatic carbocycles. The van der Waals surface area contributed by atoms with Crippen LogP contribution in [0.4, 0.5) is 0 Å². The van der Waals surface area contributed by atoms with Crippen LogP contribution in [-0.4, -0.2) is 39.9 Å². The molecule has 1 saturated heterocycles. The standard InChI is InChI=1S/C13H11NO4S2/c1-14-12(17)10(20-13(14)19)6-8-2-4-9(5-3-8)18-7-11(15)16/h2-6H,7H2,1H3,(H,15,16). The Morgan fingerprint density at radius 2 is 2.10 bits per heavy atom. The molecule has 2 rings (SSSR count). The summed E-state index contributed by atoms with van der Waals surface area (Å²) in [6, 6.07) is 6.81. The lowest BCUT2D eigenvalue weighted by Crippen LogP contribution is -2.22. The van der Waals surface area contributed by atoms with E-state index < -0.39 is 5.97 Å². The first-order valence-corrected chi connectivity index (χ1v) is 6.86. The van der Waals surface area contributed by atoms with Crippen molar-refractivity contribution in [3.05, 3.63) is 34.7 Å². The third kappa shape index (κ3) is 3.37. The third-order valence-electron chi connectivity index (χ3n) is 2.53. The topological polar surface area (TPSA) is 66.8 Å². The van der Waals surface area contributed by atoms with Gasteiger partial charge in [-0.05, 0) is 23.8 Å². The summed E-state index contributed by atoms with van der Waals surface area (Å²) in [5.74, 6) is -0.681. The summed E-state index contributed by atoms with van der Waals surface area (Å²) in [7, 11) is 1.64. The number of aliphatic carboxylic acids is 1. The van der Waals surface area contributed by atoms with Crippen LogP contribution in [0.1, 0.15) is 5.56 Å². The van der Waals surface area contributed by atoms with Gasteiger partial charge in [-0.1, -0.05) is 36.1 Å². The molecule has 1 amide bonds. The zero-order valence-electron chi connectivity index (χ0n) is 10.5. The molecule has 0 atom stereocenters. The van der Waals surface area contributed by atoms with Gasteiger partial charge in [0.1, 0.15) is 10.1 Å². The Labute approximate surface area is 125 Å². The van der Waals surface area contributed by atoms with Gasteiger partial charge in [0.25, 0.3) is 5.91 Å². The first-order chi connectivity index (χ1) is 9.47. The second-order valence-electron chi connectivity index (χ2n) is 3.99. The summed E-state index contributed by atoms with van der Waals surface area (Å²) in [4.78, 5) is 24.2. The Hall–Kier alpha value is -1.86. The van der Waals surface area contributed by atoms with Crippen molar-refractivity contribution >= 4 is 46.3 Å². The number of likely N-dealkylation sites (N-methyl/N-ethyl adjacent to an activating group) is 1. The number of carbonyl (C=O) groups is 2. The number of carboxylic acids is 1. The fourth-order valence-electron chi connectivity index (χ4n) is 1.50. The highest BCUT2D eigenvalue weighted by atomic mass is 32.2. The molecule has 20 heavy (non-hydrogen) atoms. The van der Waals surface area contributed by atoms with E-state index in [4.69, 9.17) is 22.1 Å². The van der Waals surface area contributed by atoms with Crippen LogP contribution in [0, 0.1) is 0 Å². The average Bonchev–Trinajstić information content (AvgIpc) is 2.65. The van der Waals surface area contributed by atoms with Crippen molar-refractivity contribution in [2.75, 3.05) is 13.7 Å². The molecule has 1 aromatic rings. The Kier molecular flexibility index (Phi) is 4.41. The van der Waals surface area contributed by atoms with Crippen molar-refractivity contribution in [1.82, 2.24) is 4.90 Å². The number of carboxylic acid groups (broad SMARTS) is 1. The molecular weight excluding hydrogens is 298 g/mol. The van der Waals surface area contributed by atoms with Gasteiger partial charge in [-0.15, -0.1) is 0 Å². The average molecular weight is 309 g/mol. The van der Waals surface area contributed by atoms with Crippen LogP contribution < -0.4 is 4.74 Å². The second kappa shape index (κ2) is 6.06. The lowest BCUT2D eigenvalue weighted by atomic mass is 10.2. The maximum Gasteiger partial charge on any atom is 0.341 e. The van der Waals surface area contributed by atoms with Gasteiger partial charge >= 0.3 is 5.97 Å². The number of amides is 1. The van der Waals surface area contributed by atoms with E-state index in [-0.39, 0.29) is 12.5 Å². The van der Waals surface area contributed by atoms with Crippen LogP contribution in [0.5, 0.6) is 5.75 Å². The molecule has 1 aliphatic rings. The zero-order chi connectivity index (χ0) is 14.7. The zero-order valence-corrected chi connectivity index (χ0v) is 12.2. The number of ether oxygens (including phenoxy) is 1. The van der Waals surface area contributed by atoms with Crippen LogP contribution in [0.3, 0.4) is 0 Å². The number of hydrogen-bond acceptors (Lipinski definition) is 5. The molecule has 1 aromatic carbocycles. The number of thiocarbonyl (C=S) groups is 1. The molecule has 5 nitrogen and oxygen atoms in total. The van der Waals surface area contributed by atoms with Crippen LogP contribution in [0.25, 0.3) is 6.08 Å². The number of nitrogens with zero attached hydrogens (tertiary/aromatic N) is 1. The Bertz CT molecular complexity index is 595. The fraction of sp³-hybridized carbons (Fsp3) is 0.154. The summed E-state index contributed by atoms with van der Waals surface area (Å²) in [5.41, 5.74) is 0.821. The van der Waals surface area contributed by atoms with Crippen molar-refractivity contribution < 1.29 is 19.4 Å². The predicted octanol–water partition coefficient (Wildman–Crippen LogP) is 1.98. The molecule has 0 spiro atoms. The highest BCUT2D eigenvalue weighted by Crippen LogP contribution is 2.31. The molecule has 7 heteroatoms. The SMILES string of the molecule is CN1C(=O)C(=Cc2ccc(OCC(=O)O)cc2)SC1=S. The summed E-state index contributed by atoms with van der Waals surface area (Å²) < 4.78 is 5.56. The molecule has 104 valence electrons. The summed E-state index contributed by atoms with van der Waals surface area (Å²) >= 11 is 6.30. The summed E-state index contributed by atoms with van der Waals surface area (Å²) in [6.45, 7) is -0.381. The lowest BCUT2D eigenvalue weighted by Gasteiger charge is -2.04. The van der Waals surface area contributed by atoms with E-state index in [1.54, 1.807) is 37.4 Å². The predicted molar refractivity (Wildman–Crippen MR) is 80.5 cm³/mol. The molecule has 1 fully saturated rings. The van der Waals surface area contributed by atoms with E-state index in [1.165, 1.54) is 16.7 Å². The van der Waals surface area contributed by atoms with E-state index in [0.717, 1.165) is 5.56 Å². The quantitative estimate of drug-likeness (QED) is 0.677. The highest BCUT2D eigenvalue weighted by Gasteiger charge is 2.28. The van der Waals surface area contributed by atoms with Gasteiger partial charge < -0.3 is 9.84 Å². The van der Waals surface area contributed by atoms with Crippen LogP contribution in [0.15, 0.2) is 29.2 Å².